The number of hydrogen-bond acceptors (Lipinski definition) is 4. The molecule has 0 radical (unpaired) electrons. The molecule has 0 spiro atoms. The molecule has 8 heteroatoms. The quantitative estimate of drug-likeness (QED) is 0.599. The summed E-state index contributed by atoms with van der Waals surface area (Å²) in [6.45, 7) is 3.02. The minimum Gasteiger partial charge on any atom is -0.354 e. The van der Waals surface area contributed by atoms with Gasteiger partial charge in [-0.25, -0.2) is 4.98 Å². The third-order valence-corrected chi connectivity index (χ3v) is 7.79. The number of carbonyl (C=O) groups excluding carboxylic acids is 1. The predicted molar refractivity (Wildman–Crippen MR) is 131 cm³/mol. The Kier molecular flexibility index (Phi) is 7.00. The number of alkyl halides is 3. The third-order valence-electron chi connectivity index (χ3n) is 7.79. The molecule has 1 saturated carbocycles. The maximum absolute atomic E-state index is 13.7. The number of halogens is 3. The average molecular weight is 487 g/mol. The minimum atomic E-state index is -4.42. The normalized spacial score (nSPS) is 22.2. The first-order valence-electron chi connectivity index (χ1n) is 12.8. The van der Waals surface area contributed by atoms with Crippen molar-refractivity contribution in [3.8, 4) is 0 Å². The van der Waals surface area contributed by atoms with Crippen LogP contribution >= 0.6 is 0 Å². The monoisotopic (exact) mass is 486 g/mol. The number of amides is 1. The molecule has 1 unspecified atom stereocenters. The second-order valence-corrected chi connectivity index (χ2v) is 10.0. The summed E-state index contributed by atoms with van der Waals surface area (Å²) in [5.74, 6) is 0.364. The van der Waals surface area contributed by atoms with Gasteiger partial charge in [-0.3, -0.25) is 9.69 Å². The highest BCUT2D eigenvalue weighted by Crippen LogP contribution is 2.37. The molecule has 1 aromatic heterocycles. The van der Waals surface area contributed by atoms with Crippen molar-refractivity contribution in [1.29, 1.82) is 0 Å². The van der Waals surface area contributed by atoms with E-state index in [1.54, 1.807) is 4.90 Å². The van der Waals surface area contributed by atoms with Crippen molar-refractivity contribution in [1.82, 2.24) is 9.88 Å². The van der Waals surface area contributed by atoms with Gasteiger partial charge < -0.3 is 9.80 Å². The molecule has 0 N–H and O–H groups in total. The molecule has 188 valence electrons. The van der Waals surface area contributed by atoms with Crippen LogP contribution in [0.4, 0.5) is 24.7 Å². The summed E-state index contributed by atoms with van der Waals surface area (Å²) in [5, 5.41) is 0. The Hall–Kier alpha value is -2.61. The number of hydrogen-bond donors (Lipinski definition) is 0. The van der Waals surface area contributed by atoms with Gasteiger partial charge in [0.1, 0.15) is 5.82 Å². The van der Waals surface area contributed by atoms with Crippen LogP contribution in [0, 0.1) is 5.92 Å². The molecule has 1 saturated heterocycles. The zero-order chi connectivity index (χ0) is 24.4. The Balaban J connectivity index is 1.29. The lowest BCUT2D eigenvalue weighted by molar-refractivity contribution is -0.137. The molecule has 1 amide bonds. The van der Waals surface area contributed by atoms with Crippen molar-refractivity contribution in [2.24, 2.45) is 5.92 Å². The van der Waals surface area contributed by atoms with Gasteiger partial charge in [0.25, 0.3) is 0 Å². The number of aryl methyl sites for hydroxylation is 1. The van der Waals surface area contributed by atoms with Crippen LogP contribution in [0.5, 0.6) is 0 Å². The summed E-state index contributed by atoms with van der Waals surface area (Å²) < 4.78 is 40.4. The Morgan fingerprint density at radius 2 is 1.69 bits per heavy atom. The Labute approximate surface area is 204 Å². The zero-order valence-electron chi connectivity index (χ0n) is 20.0. The van der Waals surface area contributed by atoms with E-state index in [1.165, 1.54) is 24.2 Å². The van der Waals surface area contributed by atoms with E-state index in [9.17, 15) is 18.0 Å². The fraction of sp³-hybridized carbons (Fsp3) is 0.556. The minimum absolute atomic E-state index is 0.0142. The predicted octanol–water partition coefficient (Wildman–Crippen LogP) is 5.15. The van der Waals surface area contributed by atoms with Crippen LogP contribution in [0.15, 0.2) is 42.6 Å². The number of aromatic nitrogens is 1. The Morgan fingerprint density at radius 3 is 2.43 bits per heavy atom. The first kappa shape index (κ1) is 24.1. The molecule has 1 atom stereocenters. The number of carbonyl (C=O) groups is 1. The molecule has 0 bridgehead atoms. The van der Waals surface area contributed by atoms with Crippen LogP contribution < -0.4 is 9.80 Å². The van der Waals surface area contributed by atoms with Crippen LogP contribution in [0.2, 0.25) is 0 Å². The second-order valence-electron chi connectivity index (χ2n) is 10.0. The van der Waals surface area contributed by atoms with Crippen LogP contribution in [0.25, 0.3) is 0 Å². The fourth-order valence-electron chi connectivity index (χ4n) is 5.93. The molecular formula is C27H33F3N4O. The van der Waals surface area contributed by atoms with E-state index in [1.807, 2.05) is 12.1 Å². The van der Waals surface area contributed by atoms with Crippen molar-refractivity contribution in [3.05, 3.63) is 53.7 Å². The highest BCUT2D eigenvalue weighted by molar-refractivity contribution is 5.97. The smallest absolute Gasteiger partial charge is 0.354 e. The van der Waals surface area contributed by atoms with Gasteiger partial charge in [-0.05, 0) is 49.4 Å². The van der Waals surface area contributed by atoms with Crippen molar-refractivity contribution >= 4 is 17.4 Å². The number of para-hydroxylation sites is 1. The fourth-order valence-corrected chi connectivity index (χ4v) is 5.93. The van der Waals surface area contributed by atoms with Gasteiger partial charge in [0.2, 0.25) is 5.91 Å². The summed E-state index contributed by atoms with van der Waals surface area (Å²) in [6, 6.07) is 10.8. The lowest BCUT2D eigenvalue weighted by Crippen LogP contribution is -2.55. The summed E-state index contributed by atoms with van der Waals surface area (Å²) in [6.07, 6.45) is 4.23. The standard InChI is InChI=1S/C27H33F3N4O/c28-27(29,30)23-10-6-14-31-25(23)33-17-15-32(16-18-33)19-22-13-12-20-7-4-5-11-24(20)34(22)26(35)21-8-2-1-3-9-21/h4-7,10-11,14,21-22H,1-3,8-9,12-13,15-19H2. The second kappa shape index (κ2) is 10.2. The van der Waals surface area contributed by atoms with E-state index in [-0.39, 0.29) is 23.7 Å². The zero-order valence-corrected chi connectivity index (χ0v) is 20.0. The van der Waals surface area contributed by atoms with Crippen molar-refractivity contribution < 1.29 is 18.0 Å². The van der Waals surface area contributed by atoms with Gasteiger partial charge in [0.15, 0.2) is 0 Å². The summed E-state index contributed by atoms with van der Waals surface area (Å²) in [5.41, 5.74) is 1.59. The van der Waals surface area contributed by atoms with E-state index in [0.717, 1.165) is 56.8 Å². The molecule has 2 aromatic rings. The number of anilines is 2. The number of pyridine rings is 1. The Bertz CT molecular complexity index is 1030. The highest BCUT2D eigenvalue weighted by atomic mass is 19.4. The number of piperazine rings is 1. The summed E-state index contributed by atoms with van der Waals surface area (Å²) in [7, 11) is 0. The molecule has 5 nitrogen and oxygen atoms in total. The van der Waals surface area contributed by atoms with Crippen LogP contribution in [-0.4, -0.2) is 54.6 Å². The van der Waals surface area contributed by atoms with Crippen molar-refractivity contribution in [2.45, 2.75) is 57.2 Å². The largest absolute Gasteiger partial charge is 0.419 e. The van der Waals surface area contributed by atoms with Gasteiger partial charge in [0.05, 0.1) is 5.56 Å². The van der Waals surface area contributed by atoms with Crippen molar-refractivity contribution in [3.63, 3.8) is 0 Å². The summed E-state index contributed by atoms with van der Waals surface area (Å²) in [4.78, 5) is 23.9. The maximum Gasteiger partial charge on any atom is 0.419 e. The number of benzene rings is 1. The molecule has 2 fully saturated rings. The van der Waals surface area contributed by atoms with Crippen LogP contribution in [0.3, 0.4) is 0 Å². The molecule has 3 aliphatic rings. The van der Waals surface area contributed by atoms with Gasteiger partial charge in [0, 0.05) is 56.6 Å². The molecule has 35 heavy (non-hydrogen) atoms. The number of fused-ring (bicyclic) bond motifs is 1. The number of nitrogens with zero attached hydrogens (tertiary/aromatic N) is 4. The van der Waals surface area contributed by atoms with Crippen molar-refractivity contribution in [2.75, 3.05) is 42.5 Å². The number of rotatable bonds is 4. The first-order valence-corrected chi connectivity index (χ1v) is 12.8. The van der Waals surface area contributed by atoms with Crippen LogP contribution in [-0.2, 0) is 17.4 Å². The van der Waals surface area contributed by atoms with E-state index >= 15 is 0 Å². The highest BCUT2D eigenvalue weighted by Gasteiger charge is 2.38. The van der Waals surface area contributed by atoms with E-state index in [0.29, 0.717) is 26.2 Å². The van der Waals surface area contributed by atoms with E-state index in [4.69, 9.17) is 0 Å². The Morgan fingerprint density at radius 1 is 0.943 bits per heavy atom. The van der Waals surface area contributed by atoms with E-state index < -0.39 is 11.7 Å². The van der Waals surface area contributed by atoms with Gasteiger partial charge >= 0.3 is 6.18 Å². The van der Waals surface area contributed by atoms with Gasteiger partial charge in [-0.15, -0.1) is 0 Å². The first-order chi connectivity index (χ1) is 16.9. The lowest BCUT2D eigenvalue weighted by atomic mass is 9.86. The third kappa shape index (κ3) is 5.17. The lowest BCUT2D eigenvalue weighted by Gasteiger charge is -2.43. The van der Waals surface area contributed by atoms with E-state index in [2.05, 4.69) is 26.9 Å². The molecular weight excluding hydrogens is 453 g/mol. The molecule has 1 aromatic carbocycles. The molecule has 2 aliphatic heterocycles. The SMILES string of the molecule is O=C(C1CCCCC1)N1c2ccccc2CCC1CN1CCN(c2ncccc2C(F)(F)F)CC1. The molecule has 5 rings (SSSR count). The topological polar surface area (TPSA) is 39.7 Å². The molecule has 1 aliphatic carbocycles. The maximum atomic E-state index is 13.7. The molecule has 3 heterocycles. The summed E-state index contributed by atoms with van der Waals surface area (Å²) >= 11 is 0. The van der Waals surface area contributed by atoms with Gasteiger partial charge in [-0.2, -0.15) is 13.2 Å². The van der Waals surface area contributed by atoms with Gasteiger partial charge in [-0.1, -0.05) is 37.5 Å². The average Bonchev–Trinajstić information content (AvgIpc) is 2.89. The van der Waals surface area contributed by atoms with Crippen LogP contribution in [0.1, 0.15) is 49.7 Å².